The third kappa shape index (κ3) is 6.14. The Hall–Kier alpha value is -4.04. The lowest BCUT2D eigenvalue weighted by molar-refractivity contribution is -0.151. The smallest absolute Gasteiger partial charge is 0.311 e. The molecule has 1 heterocycles. The van der Waals surface area contributed by atoms with E-state index in [1.165, 1.54) is 4.90 Å². The first-order valence-corrected chi connectivity index (χ1v) is 11.6. The normalized spacial score (nSPS) is 14.9. The Morgan fingerprint density at radius 1 is 1.00 bits per heavy atom. The molecule has 1 aliphatic rings. The Kier molecular flexibility index (Phi) is 7.75. The maximum Gasteiger partial charge on any atom is 0.311 e. The van der Waals surface area contributed by atoms with Crippen LogP contribution in [0.5, 0.6) is 17.2 Å². The van der Waals surface area contributed by atoms with Crippen LogP contribution in [0, 0.1) is 12.8 Å². The molecule has 0 aromatic heterocycles. The second kappa shape index (κ2) is 11.1. The van der Waals surface area contributed by atoms with Crippen LogP contribution in [0.3, 0.4) is 0 Å². The molecular weight excluding hydrogens is 484 g/mol. The molecule has 4 rings (SSSR count). The van der Waals surface area contributed by atoms with Crippen molar-refractivity contribution in [3.8, 4) is 17.2 Å². The molecule has 0 radical (unpaired) electrons. The first-order valence-electron chi connectivity index (χ1n) is 11.3. The summed E-state index contributed by atoms with van der Waals surface area (Å²) in [5.74, 6) is 0.0552. The highest BCUT2D eigenvalue weighted by Crippen LogP contribution is 2.30. The molecule has 3 aromatic carbocycles. The van der Waals surface area contributed by atoms with Gasteiger partial charge in [-0.3, -0.25) is 14.4 Å². The van der Waals surface area contributed by atoms with Gasteiger partial charge in [0.15, 0.2) is 6.61 Å². The summed E-state index contributed by atoms with van der Waals surface area (Å²) < 4.78 is 16.1. The molecule has 0 spiro atoms. The van der Waals surface area contributed by atoms with Gasteiger partial charge < -0.3 is 24.4 Å². The first kappa shape index (κ1) is 25.1. The highest BCUT2D eigenvalue weighted by atomic mass is 35.5. The van der Waals surface area contributed by atoms with Crippen LogP contribution < -0.4 is 19.7 Å². The summed E-state index contributed by atoms with van der Waals surface area (Å²) >= 11 is 5.96. The van der Waals surface area contributed by atoms with Gasteiger partial charge in [-0.15, -0.1) is 0 Å². The van der Waals surface area contributed by atoms with E-state index in [4.69, 9.17) is 25.8 Å². The molecule has 0 saturated carbocycles. The van der Waals surface area contributed by atoms with Crippen molar-refractivity contribution in [2.24, 2.45) is 5.92 Å². The van der Waals surface area contributed by atoms with Crippen LogP contribution in [0.4, 0.5) is 11.4 Å². The fourth-order valence-electron chi connectivity index (χ4n) is 3.76. The number of carbonyl (C=O) groups excluding carboxylic acids is 3. The summed E-state index contributed by atoms with van der Waals surface area (Å²) in [7, 11) is 1.60. The van der Waals surface area contributed by atoms with Gasteiger partial charge in [0.25, 0.3) is 5.91 Å². The van der Waals surface area contributed by atoms with Gasteiger partial charge in [0, 0.05) is 29.4 Å². The highest BCUT2D eigenvalue weighted by molar-refractivity contribution is 6.31. The number of aryl methyl sites for hydroxylation is 1. The van der Waals surface area contributed by atoms with Gasteiger partial charge in [-0.05, 0) is 73.2 Å². The van der Waals surface area contributed by atoms with Crippen LogP contribution in [0.2, 0.25) is 5.02 Å². The van der Waals surface area contributed by atoms with E-state index in [1.807, 2.05) is 6.92 Å². The number of carbonyl (C=O) groups is 3. The van der Waals surface area contributed by atoms with Crippen LogP contribution in [0.1, 0.15) is 12.0 Å². The minimum atomic E-state index is -0.659. The Morgan fingerprint density at radius 3 is 2.31 bits per heavy atom. The van der Waals surface area contributed by atoms with Crippen LogP contribution in [0.15, 0.2) is 66.7 Å². The summed E-state index contributed by atoms with van der Waals surface area (Å²) in [5, 5.41) is 3.16. The quantitative estimate of drug-likeness (QED) is 0.431. The number of nitrogens with zero attached hydrogens (tertiary/aromatic N) is 1. The fourth-order valence-corrected chi connectivity index (χ4v) is 3.93. The predicted octanol–water partition coefficient (Wildman–Crippen LogP) is 4.98. The Balaban J connectivity index is 1.29. The summed E-state index contributed by atoms with van der Waals surface area (Å²) in [6.45, 7) is 1.55. The average Bonchev–Trinajstić information content (AvgIpc) is 3.27. The van der Waals surface area contributed by atoms with Gasteiger partial charge >= 0.3 is 5.97 Å². The zero-order valence-corrected chi connectivity index (χ0v) is 20.6. The van der Waals surface area contributed by atoms with Gasteiger partial charge in [0.05, 0.1) is 13.0 Å². The third-order valence-corrected chi connectivity index (χ3v) is 5.96. The van der Waals surface area contributed by atoms with Crippen molar-refractivity contribution in [1.82, 2.24) is 0 Å². The lowest BCUT2D eigenvalue weighted by atomic mass is 10.1. The number of hydrogen-bond donors (Lipinski definition) is 1. The minimum Gasteiger partial charge on any atom is -0.497 e. The molecule has 186 valence electrons. The Morgan fingerprint density at radius 2 is 1.64 bits per heavy atom. The molecule has 1 saturated heterocycles. The highest BCUT2D eigenvalue weighted by Gasteiger charge is 2.36. The van der Waals surface area contributed by atoms with Gasteiger partial charge in [-0.2, -0.15) is 0 Å². The lowest BCUT2D eigenvalue weighted by Crippen LogP contribution is -2.28. The number of halogens is 1. The SMILES string of the molecule is COc1ccc(Oc2ccc(N3C[C@H](C(=O)OCC(=O)Nc4cc(Cl)ccc4C)CC3=O)cc2)cc1. The topological polar surface area (TPSA) is 94.2 Å². The summed E-state index contributed by atoms with van der Waals surface area (Å²) in [6, 6.07) is 19.3. The zero-order chi connectivity index (χ0) is 25.7. The summed E-state index contributed by atoms with van der Waals surface area (Å²) in [6.07, 6.45) is 0.0119. The standard InChI is InChI=1S/C27H25ClN2O6/c1-17-3-4-19(28)14-24(17)29-25(31)16-35-27(33)18-13-26(32)30(15-18)20-5-7-22(8-6-20)36-23-11-9-21(34-2)10-12-23/h3-12,14,18H,13,15-16H2,1-2H3,(H,29,31)/t18-/m1/s1. The zero-order valence-electron chi connectivity index (χ0n) is 19.8. The van der Waals surface area contributed by atoms with E-state index in [0.717, 1.165) is 11.3 Å². The van der Waals surface area contributed by atoms with Gasteiger partial charge in [-0.25, -0.2) is 0 Å². The van der Waals surface area contributed by atoms with Crippen molar-refractivity contribution in [2.75, 3.05) is 30.5 Å². The molecular formula is C27H25ClN2O6. The molecule has 1 fully saturated rings. The number of rotatable bonds is 8. The lowest BCUT2D eigenvalue weighted by Gasteiger charge is -2.17. The molecule has 1 atom stereocenters. The van der Waals surface area contributed by atoms with E-state index in [9.17, 15) is 14.4 Å². The maximum atomic E-state index is 12.6. The van der Waals surface area contributed by atoms with Crippen LogP contribution in [-0.2, 0) is 19.1 Å². The van der Waals surface area contributed by atoms with Crippen molar-refractivity contribution in [3.05, 3.63) is 77.3 Å². The third-order valence-electron chi connectivity index (χ3n) is 5.72. The number of amides is 2. The number of esters is 1. The molecule has 3 aromatic rings. The average molecular weight is 509 g/mol. The molecule has 1 aliphatic heterocycles. The second-order valence-corrected chi connectivity index (χ2v) is 8.73. The first-order chi connectivity index (χ1) is 17.3. The second-order valence-electron chi connectivity index (χ2n) is 8.29. The van der Waals surface area contributed by atoms with E-state index < -0.39 is 24.4 Å². The van der Waals surface area contributed by atoms with Crippen molar-refractivity contribution in [1.29, 1.82) is 0 Å². The molecule has 0 unspecified atom stereocenters. The van der Waals surface area contributed by atoms with E-state index in [2.05, 4.69) is 5.32 Å². The summed E-state index contributed by atoms with van der Waals surface area (Å²) in [4.78, 5) is 38.8. The number of benzene rings is 3. The minimum absolute atomic E-state index is 0.0119. The van der Waals surface area contributed by atoms with Gasteiger partial charge in [0.1, 0.15) is 17.2 Å². The van der Waals surface area contributed by atoms with Gasteiger partial charge in [0.2, 0.25) is 5.91 Å². The van der Waals surface area contributed by atoms with Crippen molar-refractivity contribution >= 4 is 40.8 Å². The molecule has 0 bridgehead atoms. The molecule has 8 nitrogen and oxygen atoms in total. The molecule has 1 N–H and O–H groups in total. The molecule has 9 heteroatoms. The molecule has 36 heavy (non-hydrogen) atoms. The number of nitrogens with one attached hydrogen (secondary N) is 1. The number of hydrogen-bond acceptors (Lipinski definition) is 6. The molecule has 2 amide bonds. The molecule has 0 aliphatic carbocycles. The fraction of sp³-hybridized carbons (Fsp3) is 0.222. The van der Waals surface area contributed by atoms with Gasteiger partial charge in [-0.1, -0.05) is 17.7 Å². The van der Waals surface area contributed by atoms with E-state index in [0.29, 0.717) is 27.9 Å². The van der Waals surface area contributed by atoms with E-state index in [-0.39, 0.29) is 18.9 Å². The monoisotopic (exact) mass is 508 g/mol. The van der Waals surface area contributed by atoms with Crippen molar-refractivity contribution < 1.29 is 28.6 Å². The van der Waals surface area contributed by atoms with Crippen LogP contribution >= 0.6 is 11.6 Å². The van der Waals surface area contributed by atoms with Crippen LogP contribution in [-0.4, -0.2) is 38.0 Å². The largest absolute Gasteiger partial charge is 0.497 e. The Labute approximate surface area is 213 Å². The number of methoxy groups -OCH3 is 1. The van der Waals surface area contributed by atoms with Crippen molar-refractivity contribution in [2.45, 2.75) is 13.3 Å². The maximum absolute atomic E-state index is 12.6. The summed E-state index contributed by atoms with van der Waals surface area (Å²) in [5.41, 5.74) is 2.02. The predicted molar refractivity (Wildman–Crippen MR) is 136 cm³/mol. The van der Waals surface area contributed by atoms with Crippen molar-refractivity contribution in [3.63, 3.8) is 0 Å². The van der Waals surface area contributed by atoms with E-state index >= 15 is 0 Å². The number of ether oxygens (including phenoxy) is 3. The Bertz CT molecular complexity index is 1260. The number of anilines is 2. The van der Waals surface area contributed by atoms with Crippen LogP contribution in [0.25, 0.3) is 0 Å². The van der Waals surface area contributed by atoms with E-state index in [1.54, 1.807) is 73.8 Å².